The first kappa shape index (κ1) is 20.7. The van der Waals surface area contributed by atoms with E-state index in [4.69, 9.17) is 9.26 Å². The molecular formula is C19H19F2N3O4S. The van der Waals surface area contributed by atoms with E-state index >= 15 is 0 Å². The molecule has 7 nitrogen and oxygen atoms in total. The van der Waals surface area contributed by atoms with Gasteiger partial charge >= 0.3 is 6.61 Å². The summed E-state index contributed by atoms with van der Waals surface area (Å²) in [4.78, 5) is 16.3. The van der Waals surface area contributed by atoms with Crippen LogP contribution in [0.5, 0.6) is 11.5 Å². The van der Waals surface area contributed by atoms with E-state index in [0.717, 1.165) is 11.1 Å². The number of nitrogens with one attached hydrogen (secondary N) is 1. The van der Waals surface area contributed by atoms with Crippen LogP contribution < -0.4 is 14.8 Å². The third-order valence-corrected chi connectivity index (χ3v) is 4.68. The maximum atomic E-state index is 12.4. The molecule has 154 valence electrons. The molecular weight excluding hydrogens is 404 g/mol. The average Bonchev–Trinajstić information content (AvgIpc) is 3.38. The Morgan fingerprint density at radius 3 is 2.86 bits per heavy atom. The number of carbonyl (C=O) groups is 1. The highest BCUT2D eigenvalue weighted by Gasteiger charge is 2.12. The fraction of sp³-hybridized carbons (Fsp3) is 0.316. The molecule has 0 bridgehead atoms. The van der Waals surface area contributed by atoms with Gasteiger partial charge in [-0.15, -0.1) is 0 Å². The van der Waals surface area contributed by atoms with Crippen LogP contribution >= 0.6 is 11.3 Å². The summed E-state index contributed by atoms with van der Waals surface area (Å²) < 4.78 is 39.3. The number of methoxy groups -OCH3 is 1. The van der Waals surface area contributed by atoms with Crippen molar-refractivity contribution in [1.29, 1.82) is 0 Å². The number of alkyl halides is 2. The molecule has 29 heavy (non-hydrogen) atoms. The largest absolute Gasteiger partial charge is 0.493 e. The van der Waals surface area contributed by atoms with E-state index in [2.05, 4.69) is 20.2 Å². The molecule has 3 rings (SSSR count). The lowest BCUT2D eigenvalue weighted by molar-refractivity contribution is -0.121. The van der Waals surface area contributed by atoms with Gasteiger partial charge in [0.05, 0.1) is 7.11 Å². The highest BCUT2D eigenvalue weighted by atomic mass is 32.1. The molecule has 10 heteroatoms. The molecule has 1 amide bonds. The van der Waals surface area contributed by atoms with Gasteiger partial charge in [-0.25, -0.2) is 0 Å². The summed E-state index contributed by atoms with van der Waals surface area (Å²) in [6.45, 7) is -2.53. The summed E-state index contributed by atoms with van der Waals surface area (Å²) in [5.74, 6) is 0.948. The molecule has 1 aromatic carbocycles. The number of nitrogens with zero attached hydrogens (tertiary/aromatic N) is 2. The van der Waals surface area contributed by atoms with Crippen molar-refractivity contribution in [2.45, 2.75) is 25.9 Å². The van der Waals surface area contributed by atoms with Crippen molar-refractivity contribution in [2.75, 3.05) is 13.7 Å². The summed E-state index contributed by atoms with van der Waals surface area (Å²) in [6, 6.07) is 6.57. The first-order chi connectivity index (χ1) is 14.0. The van der Waals surface area contributed by atoms with Crippen LogP contribution in [0.2, 0.25) is 0 Å². The first-order valence-electron chi connectivity index (χ1n) is 8.78. The second-order valence-corrected chi connectivity index (χ2v) is 6.77. The van der Waals surface area contributed by atoms with Crippen LogP contribution in [0, 0.1) is 0 Å². The van der Waals surface area contributed by atoms with E-state index in [-0.39, 0.29) is 23.8 Å². The first-order valence-corrected chi connectivity index (χ1v) is 9.73. The predicted octanol–water partition coefficient (Wildman–Crippen LogP) is 3.70. The molecule has 0 aliphatic carbocycles. The Bertz CT molecular complexity index is 931. The van der Waals surface area contributed by atoms with Crippen LogP contribution in [-0.2, 0) is 17.6 Å². The number of halogens is 2. The van der Waals surface area contributed by atoms with E-state index in [1.165, 1.54) is 13.2 Å². The van der Waals surface area contributed by atoms with Crippen molar-refractivity contribution in [3.05, 3.63) is 46.5 Å². The SMILES string of the molecule is COc1cc(CCNC(=O)CCc2nc(-c3ccsc3)no2)ccc1OC(F)F. The Hall–Kier alpha value is -3.01. The predicted molar refractivity (Wildman–Crippen MR) is 102 cm³/mol. The van der Waals surface area contributed by atoms with E-state index in [0.29, 0.717) is 31.1 Å². The minimum absolute atomic E-state index is 0.0309. The second-order valence-electron chi connectivity index (χ2n) is 5.99. The lowest BCUT2D eigenvalue weighted by Gasteiger charge is -2.11. The van der Waals surface area contributed by atoms with Gasteiger partial charge in [0.1, 0.15) is 0 Å². The number of rotatable bonds is 10. The summed E-state index contributed by atoms with van der Waals surface area (Å²) >= 11 is 1.54. The lowest BCUT2D eigenvalue weighted by Crippen LogP contribution is -2.25. The zero-order chi connectivity index (χ0) is 20.6. The van der Waals surface area contributed by atoms with E-state index < -0.39 is 6.61 Å². The second kappa shape index (κ2) is 9.97. The van der Waals surface area contributed by atoms with Gasteiger partial charge in [-0.2, -0.15) is 25.1 Å². The van der Waals surface area contributed by atoms with Crippen molar-refractivity contribution in [1.82, 2.24) is 15.5 Å². The standard InChI is InChI=1S/C19H19F2N3O4S/c1-26-15-10-12(2-3-14(15)27-19(20)21)6-8-22-16(25)4-5-17-23-18(24-28-17)13-7-9-29-11-13/h2-3,7,9-11,19H,4-6,8H2,1H3,(H,22,25). The van der Waals surface area contributed by atoms with Gasteiger partial charge < -0.3 is 19.3 Å². The molecule has 2 aromatic heterocycles. The van der Waals surface area contributed by atoms with Gasteiger partial charge in [0, 0.05) is 30.3 Å². The average molecular weight is 423 g/mol. The Morgan fingerprint density at radius 1 is 1.28 bits per heavy atom. The normalized spacial score (nSPS) is 10.9. The van der Waals surface area contributed by atoms with Crippen molar-refractivity contribution in [2.24, 2.45) is 0 Å². The quantitative estimate of drug-likeness (QED) is 0.535. The maximum Gasteiger partial charge on any atom is 0.387 e. The molecule has 0 saturated carbocycles. The van der Waals surface area contributed by atoms with Gasteiger partial charge in [-0.3, -0.25) is 4.79 Å². The fourth-order valence-corrected chi connectivity index (χ4v) is 3.22. The minimum atomic E-state index is -2.92. The highest BCUT2D eigenvalue weighted by molar-refractivity contribution is 7.08. The van der Waals surface area contributed by atoms with Crippen LogP contribution in [0.3, 0.4) is 0 Å². The number of hydrogen-bond acceptors (Lipinski definition) is 7. The molecule has 0 unspecified atom stereocenters. The number of ether oxygens (including phenoxy) is 2. The number of hydrogen-bond donors (Lipinski definition) is 1. The lowest BCUT2D eigenvalue weighted by atomic mass is 10.1. The number of aromatic nitrogens is 2. The van der Waals surface area contributed by atoms with Crippen molar-refractivity contribution in [3.63, 3.8) is 0 Å². The van der Waals surface area contributed by atoms with Crippen molar-refractivity contribution >= 4 is 17.2 Å². The van der Waals surface area contributed by atoms with E-state index in [9.17, 15) is 13.6 Å². The van der Waals surface area contributed by atoms with Gasteiger partial charge in [0.25, 0.3) is 0 Å². The molecule has 3 aromatic rings. The highest BCUT2D eigenvalue weighted by Crippen LogP contribution is 2.29. The molecule has 0 atom stereocenters. The molecule has 0 fully saturated rings. The molecule has 0 radical (unpaired) electrons. The van der Waals surface area contributed by atoms with E-state index in [1.54, 1.807) is 23.5 Å². The van der Waals surface area contributed by atoms with E-state index in [1.807, 2.05) is 16.8 Å². The molecule has 0 saturated heterocycles. The Morgan fingerprint density at radius 2 is 2.14 bits per heavy atom. The minimum Gasteiger partial charge on any atom is -0.493 e. The zero-order valence-electron chi connectivity index (χ0n) is 15.6. The van der Waals surface area contributed by atoms with Crippen LogP contribution in [-0.4, -0.2) is 36.3 Å². The van der Waals surface area contributed by atoms with Gasteiger partial charge in [0.2, 0.25) is 17.6 Å². The molecule has 0 aliphatic heterocycles. The molecule has 1 N–H and O–H groups in total. The van der Waals surface area contributed by atoms with Crippen LogP contribution in [0.25, 0.3) is 11.4 Å². The van der Waals surface area contributed by atoms with Gasteiger partial charge in [0.15, 0.2) is 11.5 Å². The topological polar surface area (TPSA) is 86.5 Å². The van der Waals surface area contributed by atoms with Gasteiger partial charge in [-0.1, -0.05) is 11.2 Å². The third kappa shape index (κ3) is 5.98. The van der Waals surface area contributed by atoms with Gasteiger partial charge in [-0.05, 0) is 35.6 Å². The summed E-state index contributed by atoms with van der Waals surface area (Å²) in [7, 11) is 1.38. The van der Waals surface area contributed by atoms with Crippen molar-refractivity contribution in [3.8, 4) is 22.9 Å². The van der Waals surface area contributed by atoms with Crippen LogP contribution in [0.15, 0.2) is 39.5 Å². The Labute approximate surface area is 169 Å². The third-order valence-electron chi connectivity index (χ3n) is 3.99. The maximum absolute atomic E-state index is 12.4. The number of aryl methyl sites for hydroxylation is 1. The zero-order valence-corrected chi connectivity index (χ0v) is 16.4. The number of amides is 1. The molecule has 2 heterocycles. The van der Waals surface area contributed by atoms with Crippen LogP contribution in [0.4, 0.5) is 8.78 Å². The fourth-order valence-electron chi connectivity index (χ4n) is 2.58. The smallest absolute Gasteiger partial charge is 0.387 e. The molecule has 0 aliphatic rings. The summed E-state index contributed by atoms with van der Waals surface area (Å²) in [5, 5.41) is 10.5. The summed E-state index contributed by atoms with van der Waals surface area (Å²) in [6.07, 6.45) is 1.08. The van der Waals surface area contributed by atoms with Crippen LogP contribution in [0.1, 0.15) is 17.9 Å². The number of carbonyl (C=O) groups excluding carboxylic acids is 1. The molecule has 0 spiro atoms. The monoisotopic (exact) mass is 423 g/mol. The Kier molecular flexibility index (Phi) is 7.12. The Balaban J connectivity index is 1.43. The summed E-state index contributed by atoms with van der Waals surface area (Å²) in [5.41, 5.74) is 1.70. The van der Waals surface area contributed by atoms with Crippen molar-refractivity contribution < 1.29 is 27.6 Å². The number of thiophene rings is 1. The number of benzene rings is 1.